The molecule has 1 unspecified atom stereocenters. The van der Waals surface area contributed by atoms with E-state index in [1.807, 2.05) is 12.1 Å². The molecular weight excluding hydrogens is 266 g/mol. The van der Waals surface area contributed by atoms with Gasteiger partial charge >= 0.3 is 0 Å². The Kier molecular flexibility index (Phi) is 6.62. The van der Waals surface area contributed by atoms with Crippen molar-refractivity contribution >= 4 is 11.6 Å². The second-order valence-corrected chi connectivity index (χ2v) is 6.23. The van der Waals surface area contributed by atoms with Crippen molar-refractivity contribution in [3.63, 3.8) is 0 Å². The molecule has 1 aromatic rings. The first-order chi connectivity index (χ1) is 9.78. The van der Waals surface area contributed by atoms with Gasteiger partial charge in [0.25, 0.3) is 0 Å². The van der Waals surface area contributed by atoms with Gasteiger partial charge in [0.2, 0.25) is 0 Å². The molecule has 0 spiro atoms. The van der Waals surface area contributed by atoms with Crippen molar-refractivity contribution in [3.8, 4) is 0 Å². The second-order valence-electron chi connectivity index (χ2n) is 5.79. The van der Waals surface area contributed by atoms with E-state index < -0.39 is 0 Å². The van der Waals surface area contributed by atoms with Gasteiger partial charge in [-0.25, -0.2) is 0 Å². The first-order valence-electron chi connectivity index (χ1n) is 7.93. The number of benzene rings is 1. The molecule has 1 atom stereocenters. The van der Waals surface area contributed by atoms with Gasteiger partial charge in [-0.15, -0.1) is 0 Å². The van der Waals surface area contributed by atoms with Crippen molar-refractivity contribution in [2.75, 3.05) is 6.54 Å². The Hall–Kier alpha value is -0.790. The highest BCUT2D eigenvalue weighted by atomic mass is 35.5. The van der Waals surface area contributed by atoms with Gasteiger partial charge in [0.1, 0.15) is 0 Å². The van der Waals surface area contributed by atoms with Crippen molar-refractivity contribution in [1.82, 2.24) is 5.32 Å². The van der Waals surface area contributed by atoms with Crippen molar-refractivity contribution in [3.05, 3.63) is 46.5 Å². The molecule has 0 heterocycles. The van der Waals surface area contributed by atoms with E-state index in [0.29, 0.717) is 6.04 Å². The highest BCUT2D eigenvalue weighted by Gasteiger charge is 2.13. The summed E-state index contributed by atoms with van der Waals surface area (Å²) < 4.78 is 0. The number of hydrogen-bond acceptors (Lipinski definition) is 1. The summed E-state index contributed by atoms with van der Waals surface area (Å²) >= 11 is 5.96. The summed E-state index contributed by atoms with van der Waals surface area (Å²) in [4.78, 5) is 0. The minimum absolute atomic E-state index is 0.556. The van der Waals surface area contributed by atoms with Gasteiger partial charge in [-0.05, 0) is 69.2 Å². The molecule has 0 radical (unpaired) electrons. The van der Waals surface area contributed by atoms with Gasteiger partial charge in [0.05, 0.1) is 0 Å². The molecular formula is C18H26ClN. The fraction of sp³-hybridized carbons (Fsp3) is 0.556. The van der Waals surface area contributed by atoms with Crippen LogP contribution < -0.4 is 5.32 Å². The number of halogens is 1. The maximum atomic E-state index is 5.96. The summed E-state index contributed by atoms with van der Waals surface area (Å²) in [5.41, 5.74) is 3.03. The third-order valence-corrected chi connectivity index (χ3v) is 4.22. The molecule has 1 N–H and O–H groups in total. The Morgan fingerprint density at radius 2 is 1.95 bits per heavy atom. The van der Waals surface area contributed by atoms with Gasteiger partial charge in [-0.2, -0.15) is 0 Å². The van der Waals surface area contributed by atoms with E-state index in [4.69, 9.17) is 11.6 Å². The van der Waals surface area contributed by atoms with Gasteiger partial charge in [-0.3, -0.25) is 0 Å². The smallest absolute Gasteiger partial charge is 0.0406 e. The Morgan fingerprint density at radius 3 is 2.60 bits per heavy atom. The van der Waals surface area contributed by atoms with Gasteiger partial charge in [0.15, 0.2) is 0 Å². The van der Waals surface area contributed by atoms with E-state index in [0.717, 1.165) is 18.0 Å². The summed E-state index contributed by atoms with van der Waals surface area (Å²) in [5.74, 6) is 0. The second kappa shape index (κ2) is 8.49. The molecule has 1 aliphatic rings. The van der Waals surface area contributed by atoms with E-state index in [2.05, 4.69) is 30.4 Å². The molecule has 1 nitrogen and oxygen atoms in total. The zero-order chi connectivity index (χ0) is 14.2. The third-order valence-electron chi connectivity index (χ3n) is 3.97. The lowest BCUT2D eigenvalue weighted by molar-refractivity contribution is 0.490. The summed E-state index contributed by atoms with van der Waals surface area (Å²) in [6, 6.07) is 8.85. The molecule has 0 amide bonds. The van der Waals surface area contributed by atoms with Gasteiger partial charge in [-0.1, -0.05) is 42.3 Å². The van der Waals surface area contributed by atoms with E-state index in [1.54, 1.807) is 5.57 Å². The summed E-state index contributed by atoms with van der Waals surface area (Å²) in [5, 5.41) is 4.53. The van der Waals surface area contributed by atoms with Crippen LogP contribution in [0.2, 0.25) is 5.02 Å². The van der Waals surface area contributed by atoms with Crippen molar-refractivity contribution in [2.24, 2.45) is 0 Å². The van der Waals surface area contributed by atoms with E-state index >= 15 is 0 Å². The number of allylic oxidation sites excluding steroid dienone is 1. The molecule has 0 bridgehead atoms. The fourth-order valence-electron chi connectivity index (χ4n) is 2.88. The lowest BCUT2D eigenvalue weighted by Crippen LogP contribution is -2.32. The summed E-state index contributed by atoms with van der Waals surface area (Å²) in [7, 11) is 0. The lowest BCUT2D eigenvalue weighted by Gasteiger charge is -2.22. The minimum atomic E-state index is 0.556. The molecule has 1 aromatic carbocycles. The van der Waals surface area contributed by atoms with E-state index in [9.17, 15) is 0 Å². The van der Waals surface area contributed by atoms with Crippen LogP contribution in [0.15, 0.2) is 35.9 Å². The number of nitrogens with one attached hydrogen (secondary N) is 1. The maximum absolute atomic E-state index is 5.96. The quantitative estimate of drug-likeness (QED) is 0.686. The molecule has 1 aliphatic carbocycles. The van der Waals surface area contributed by atoms with E-state index in [-0.39, 0.29) is 0 Å². The highest BCUT2D eigenvalue weighted by molar-refractivity contribution is 6.30. The molecule has 20 heavy (non-hydrogen) atoms. The van der Waals surface area contributed by atoms with Crippen molar-refractivity contribution in [2.45, 2.75) is 57.9 Å². The molecule has 0 aromatic heterocycles. The standard InChI is InChI=1S/C18H26ClN/c1-2-12-20-18(13-15-6-4-3-5-7-15)14-16-8-10-17(19)11-9-16/h6,8-11,18,20H,2-5,7,12-14H2,1H3. The Bertz CT molecular complexity index is 422. The van der Waals surface area contributed by atoms with Crippen LogP contribution in [-0.4, -0.2) is 12.6 Å². The Labute approximate surface area is 128 Å². The van der Waals surface area contributed by atoms with Gasteiger partial charge < -0.3 is 5.32 Å². The van der Waals surface area contributed by atoms with Crippen molar-refractivity contribution in [1.29, 1.82) is 0 Å². The van der Waals surface area contributed by atoms with Crippen LogP contribution in [0.3, 0.4) is 0 Å². The average Bonchev–Trinajstić information content (AvgIpc) is 2.48. The predicted octanol–water partition coefficient (Wildman–Crippen LogP) is 5.14. The lowest BCUT2D eigenvalue weighted by atomic mass is 9.92. The van der Waals surface area contributed by atoms with Crippen LogP contribution in [0.1, 0.15) is 51.0 Å². The van der Waals surface area contributed by atoms with Crippen LogP contribution >= 0.6 is 11.6 Å². The zero-order valence-electron chi connectivity index (χ0n) is 12.5. The van der Waals surface area contributed by atoms with Crippen LogP contribution in [0.4, 0.5) is 0 Å². The number of rotatable bonds is 7. The summed E-state index contributed by atoms with van der Waals surface area (Å²) in [6.45, 7) is 3.33. The average molecular weight is 292 g/mol. The molecule has 0 fully saturated rings. The first-order valence-corrected chi connectivity index (χ1v) is 8.31. The van der Waals surface area contributed by atoms with Crippen molar-refractivity contribution < 1.29 is 0 Å². The van der Waals surface area contributed by atoms with Crippen LogP contribution in [0, 0.1) is 0 Å². The molecule has 110 valence electrons. The van der Waals surface area contributed by atoms with Crippen LogP contribution in [0.5, 0.6) is 0 Å². The Morgan fingerprint density at radius 1 is 1.15 bits per heavy atom. The molecule has 2 rings (SSSR count). The largest absolute Gasteiger partial charge is 0.313 e. The molecule has 0 aliphatic heterocycles. The SMILES string of the molecule is CCCNC(CC1=CCCCC1)Cc1ccc(Cl)cc1. The predicted molar refractivity (Wildman–Crippen MR) is 88.4 cm³/mol. The van der Waals surface area contributed by atoms with Crippen LogP contribution in [-0.2, 0) is 6.42 Å². The molecule has 0 saturated heterocycles. The number of hydrogen-bond donors (Lipinski definition) is 1. The maximum Gasteiger partial charge on any atom is 0.0406 e. The summed E-state index contributed by atoms with van der Waals surface area (Å²) in [6.07, 6.45) is 11.3. The van der Waals surface area contributed by atoms with Crippen LogP contribution in [0.25, 0.3) is 0 Å². The fourth-order valence-corrected chi connectivity index (χ4v) is 3.00. The van der Waals surface area contributed by atoms with E-state index in [1.165, 1.54) is 44.1 Å². The molecule has 2 heteroatoms. The first kappa shape index (κ1) is 15.6. The third kappa shape index (κ3) is 5.30. The van der Waals surface area contributed by atoms with Gasteiger partial charge in [0, 0.05) is 11.1 Å². The monoisotopic (exact) mass is 291 g/mol. The minimum Gasteiger partial charge on any atom is -0.313 e. The Balaban J connectivity index is 1.95. The normalized spacial score (nSPS) is 16.8. The zero-order valence-corrected chi connectivity index (χ0v) is 13.3. The highest BCUT2D eigenvalue weighted by Crippen LogP contribution is 2.23. The topological polar surface area (TPSA) is 12.0 Å². The molecule has 0 saturated carbocycles.